The molecule has 0 radical (unpaired) electrons. The van der Waals surface area contributed by atoms with E-state index in [2.05, 4.69) is 14.8 Å². The molecule has 0 rings (SSSR count). The Labute approximate surface area is 97.7 Å². The first-order valence-electron chi connectivity index (χ1n) is 4.93. The molecule has 96 valence electrons. The van der Waals surface area contributed by atoms with Crippen LogP contribution in [0.3, 0.4) is 0 Å². The first kappa shape index (κ1) is 14.9. The lowest BCUT2D eigenvalue weighted by Gasteiger charge is -2.02. The van der Waals surface area contributed by atoms with E-state index < -0.39 is 22.6 Å². The van der Waals surface area contributed by atoms with Crippen molar-refractivity contribution in [2.75, 3.05) is 19.8 Å². The van der Waals surface area contributed by atoms with E-state index in [1.54, 1.807) is 6.92 Å². The standard InChI is InChI=1S/C9H14N2O6/c1-3-16-8(12)6-10-5-7(11(14)15)9(13)17-4-2/h5,10H,3-4,6H2,1-2H3/b7-5+. The van der Waals surface area contributed by atoms with Crippen molar-refractivity contribution in [1.82, 2.24) is 5.32 Å². The molecule has 17 heavy (non-hydrogen) atoms. The smallest absolute Gasteiger partial charge is 0.411 e. The van der Waals surface area contributed by atoms with Crippen LogP contribution < -0.4 is 5.32 Å². The molecule has 0 saturated heterocycles. The minimum Gasteiger partial charge on any atom is -0.465 e. The van der Waals surface area contributed by atoms with Gasteiger partial charge in [0.2, 0.25) is 0 Å². The molecule has 0 saturated carbocycles. The fraction of sp³-hybridized carbons (Fsp3) is 0.556. The normalized spacial score (nSPS) is 10.6. The summed E-state index contributed by atoms with van der Waals surface area (Å²) >= 11 is 0. The SMILES string of the molecule is CCOC(=O)CN/C=C(\C(=O)OCC)[N+](=O)[O-]. The molecule has 8 nitrogen and oxygen atoms in total. The second-order valence-electron chi connectivity index (χ2n) is 2.69. The van der Waals surface area contributed by atoms with Gasteiger partial charge in [0.1, 0.15) is 6.54 Å². The van der Waals surface area contributed by atoms with Crippen LogP contribution in [0.5, 0.6) is 0 Å². The summed E-state index contributed by atoms with van der Waals surface area (Å²) in [5, 5.41) is 12.8. The summed E-state index contributed by atoms with van der Waals surface area (Å²) < 4.78 is 9.04. The minimum absolute atomic E-state index is 0.0297. The fourth-order valence-electron chi connectivity index (χ4n) is 0.834. The van der Waals surface area contributed by atoms with Crippen molar-refractivity contribution in [2.24, 2.45) is 0 Å². The van der Waals surface area contributed by atoms with Gasteiger partial charge < -0.3 is 14.8 Å². The highest BCUT2D eigenvalue weighted by atomic mass is 16.6. The lowest BCUT2D eigenvalue weighted by atomic mass is 10.5. The molecule has 0 aliphatic heterocycles. The Balaban J connectivity index is 4.36. The summed E-state index contributed by atoms with van der Waals surface area (Å²) in [4.78, 5) is 31.6. The van der Waals surface area contributed by atoms with Crippen molar-refractivity contribution in [3.05, 3.63) is 22.0 Å². The van der Waals surface area contributed by atoms with Gasteiger partial charge in [0.15, 0.2) is 0 Å². The lowest BCUT2D eigenvalue weighted by molar-refractivity contribution is -0.421. The maximum Gasteiger partial charge on any atom is 0.411 e. The third-order valence-corrected chi connectivity index (χ3v) is 1.47. The van der Waals surface area contributed by atoms with Gasteiger partial charge >= 0.3 is 17.6 Å². The first-order chi connectivity index (χ1) is 8.02. The average molecular weight is 246 g/mol. The molecule has 0 aliphatic rings. The number of ether oxygens (including phenoxy) is 2. The van der Waals surface area contributed by atoms with Gasteiger partial charge in [0.25, 0.3) is 0 Å². The molecule has 0 amide bonds. The molecule has 0 aromatic carbocycles. The van der Waals surface area contributed by atoms with Gasteiger partial charge in [-0.05, 0) is 13.8 Å². The van der Waals surface area contributed by atoms with Gasteiger partial charge in [-0.1, -0.05) is 0 Å². The Bertz CT molecular complexity index is 325. The van der Waals surface area contributed by atoms with Crippen LogP contribution in [0.2, 0.25) is 0 Å². The number of nitrogens with zero attached hydrogens (tertiary/aromatic N) is 1. The summed E-state index contributed by atoms with van der Waals surface area (Å²) in [6.07, 6.45) is 0.814. The van der Waals surface area contributed by atoms with E-state index >= 15 is 0 Å². The maximum absolute atomic E-state index is 11.1. The summed E-state index contributed by atoms with van der Waals surface area (Å²) in [6.45, 7) is 3.15. The summed E-state index contributed by atoms with van der Waals surface area (Å²) in [5.74, 6) is -1.64. The fourth-order valence-corrected chi connectivity index (χ4v) is 0.834. The van der Waals surface area contributed by atoms with E-state index in [0.29, 0.717) is 0 Å². The van der Waals surface area contributed by atoms with E-state index in [0.717, 1.165) is 6.20 Å². The average Bonchev–Trinajstić information content (AvgIpc) is 2.24. The molecule has 0 fully saturated rings. The third kappa shape index (κ3) is 6.13. The number of nitrogens with one attached hydrogen (secondary N) is 1. The van der Waals surface area contributed by atoms with E-state index in [1.807, 2.05) is 0 Å². The van der Waals surface area contributed by atoms with Crippen LogP contribution in [0.1, 0.15) is 13.8 Å². The lowest BCUT2D eigenvalue weighted by Crippen LogP contribution is -2.24. The van der Waals surface area contributed by atoms with Gasteiger partial charge in [-0.15, -0.1) is 0 Å². The van der Waals surface area contributed by atoms with Gasteiger partial charge in [0.05, 0.1) is 24.3 Å². The molecule has 0 bridgehead atoms. The molecule has 0 atom stereocenters. The predicted octanol–water partition coefficient (Wildman–Crippen LogP) is -0.180. The number of rotatable bonds is 7. The van der Waals surface area contributed by atoms with Gasteiger partial charge in [0, 0.05) is 0 Å². The maximum atomic E-state index is 11.1. The second kappa shape index (κ2) is 8.08. The van der Waals surface area contributed by atoms with Crippen molar-refractivity contribution in [2.45, 2.75) is 13.8 Å². The molecule has 1 N–H and O–H groups in total. The highest BCUT2D eigenvalue weighted by molar-refractivity contribution is 5.85. The predicted molar refractivity (Wildman–Crippen MR) is 56.3 cm³/mol. The molecule has 0 aromatic heterocycles. The van der Waals surface area contributed by atoms with Crippen LogP contribution in [-0.4, -0.2) is 36.6 Å². The zero-order valence-electron chi connectivity index (χ0n) is 9.60. The van der Waals surface area contributed by atoms with Crippen LogP contribution in [0, 0.1) is 10.1 Å². The van der Waals surface area contributed by atoms with Gasteiger partial charge in [-0.25, -0.2) is 4.79 Å². The molecule has 0 aromatic rings. The largest absolute Gasteiger partial charge is 0.465 e. The van der Waals surface area contributed by atoms with Crippen LogP contribution >= 0.6 is 0 Å². The molecule has 8 heteroatoms. The minimum atomic E-state index is -1.06. The Kier molecular flexibility index (Phi) is 7.07. The topological polar surface area (TPSA) is 108 Å². The summed E-state index contributed by atoms with van der Waals surface area (Å²) in [6, 6.07) is 0. The monoisotopic (exact) mass is 246 g/mol. The Morgan fingerprint density at radius 3 is 2.35 bits per heavy atom. The molecular formula is C9H14N2O6. The van der Waals surface area contributed by atoms with Crippen molar-refractivity contribution in [3.8, 4) is 0 Å². The van der Waals surface area contributed by atoms with Crippen LogP contribution in [-0.2, 0) is 19.1 Å². The number of hydrogen-bond donors (Lipinski definition) is 1. The van der Waals surface area contributed by atoms with E-state index in [1.165, 1.54) is 6.92 Å². The van der Waals surface area contributed by atoms with Crippen molar-refractivity contribution >= 4 is 11.9 Å². The second-order valence-corrected chi connectivity index (χ2v) is 2.69. The third-order valence-electron chi connectivity index (χ3n) is 1.47. The van der Waals surface area contributed by atoms with E-state index in [9.17, 15) is 19.7 Å². The van der Waals surface area contributed by atoms with Crippen molar-refractivity contribution in [3.63, 3.8) is 0 Å². The van der Waals surface area contributed by atoms with E-state index in [-0.39, 0.29) is 19.8 Å². The molecule has 0 unspecified atom stereocenters. The Morgan fingerprint density at radius 2 is 1.88 bits per heavy atom. The quantitative estimate of drug-likeness (QED) is 0.287. The highest BCUT2D eigenvalue weighted by Gasteiger charge is 2.23. The number of nitro groups is 1. The Morgan fingerprint density at radius 1 is 1.29 bits per heavy atom. The number of carbonyl (C=O) groups is 2. The van der Waals surface area contributed by atoms with Crippen LogP contribution in [0.15, 0.2) is 11.9 Å². The summed E-state index contributed by atoms with van der Waals surface area (Å²) in [7, 11) is 0. The summed E-state index contributed by atoms with van der Waals surface area (Å²) in [5.41, 5.74) is -0.767. The highest BCUT2D eigenvalue weighted by Crippen LogP contribution is 1.97. The van der Waals surface area contributed by atoms with Gasteiger partial charge in [-0.2, -0.15) is 0 Å². The molecule has 0 spiro atoms. The number of carbonyl (C=O) groups excluding carboxylic acids is 2. The zero-order valence-corrected chi connectivity index (χ0v) is 9.60. The molecule has 0 aliphatic carbocycles. The molecule has 0 heterocycles. The van der Waals surface area contributed by atoms with Crippen molar-refractivity contribution < 1.29 is 24.0 Å². The van der Waals surface area contributed by atoms with E-state index in [4.69, 9.17) is 0 Å². The van der Waals surface area contributed by atoms with Crippen LogP contribution in [0.25, 0.3) is 0 Å². The molecular weight excluding hydrogens is 232 g/mol. The number of esters is 2. The Hall–Kier alpha value is -2.12. The zero-order chi connectivity index (χ0) is 13.3. The first-order valence-corrected chi connectivity index (χ1v) is 4.93. The van der Waals surface area contributed by atoms with Crippen LogP contribution in [0.4, 0.5) is 0 Å². The van der Waals surface area contributed by atoms with Crippen molar-refractivity contribution in [1.29, 1.82) is 0 Å². The van der Waals surface area contributed by atoms with Gasteiger partial charge in [-0.3, -0.25) is 14.9 Å². The number of hydrogen-bond acceptors (Lipinski definition) is 7.